The number of amides is 3. The van der Waals surface area contributed by atoms with E-state index in [1.54, 1.807) is 25.0 Å². The fourth-order valence-corrected chi connectivity index (χ4v) is 2.42. The van der Waals surface area contributed by atoms with E-state index in [0.717, 1.165) is 5.69 Å². The molecule has 2 heterocycles. The van der Waals surface area contributed by atoms with Crippen LogP contribution < -0.4 is 5.32 Å². The Morgan fingerprint density at radius 2 is 2.00 bits per heavy atom. The SMILES string of the molecule is CN1C(=O)N(CNc2ccccc2)C(=O)C2C1=NC=[N+]2C. The lowest BCUT2D eigenvalue weighted by atomic mass is 10.2. The third-order valence-corrected chi connectivity index (χ3v) is 3.60. The van der Waals surface area contributed by atoms with Gasteiger partial charge in [0.15, 0.2) is 0 Å². The van der Waals surface area contributed by atoms with Crippen molar-refractivity contribution in [3.05, 3.63) is 30.3 Å². The van der Waals surface area contributed by atoms with Crippen molar-refractivity contribution in [2.45, 2.75) is 6.04 Å². The molecule has 21 heavy (non-hydrogen) atoms. The number of urea groups is 1. The number of nitrogens with one attached hydrogen (secondary N) is 1. The average molecular weight is 286 g/mol. The van der Waals surface area contributed by atoms with Crippen molar-refractivity contribution in [1.29, 1.82) is 0 Å². The van der Waals surface area contributed by atoms with E-state index in [4.69, 9.17) is 0 Å². The molecule has 1 atom stereocenters. The van der Waals surface area contributed by atoms with Gasteiger partial charge in [0.2, 0.25) is 0 Å². The summed E-state index contributed by atoms with van der Waals surface area (Å²) < 4.78 is 1.70. The predicted octanol–water partition coefficient (Wildman–Crippen LogP) is 0.401. The topological polar surface area (TPSA) is 68.0 Å². The van der Waals surface area contributed by atoms with Gasteiger partial charge in [-0.05, 0) is 17.1 Å². The van der Waals surface area contributed by atoms with Crippen LogP contribution in [0, 0.1) is 0 Å². The van der Waals surface area contributed by atoms with Crippen LogP contribution in [0.15, 0.2) is 35.3 Å². The molecule has 1 fully saturated rings. The first kappa shape index (κ1) is 13.3. The Hall–Kier alpha value is -2.70. The summed E-state index contributed by atoms with van der Waals surface area (Å²) in [6.07, 6.45) is 1.57. The normalized spacial score (nSPS) is 21.1. The molecular weight excluding hydrogens is 270 g/mol. The lowest BCUT2D eigenvalue weighted by Crippen LogP contribution is -2.63. The monoisotopic (exact) mass is 286 g/mol. The molecule has 3 rings (SSSR count). The van der Waals surface area contributed by atoms with Crippen LogP contribution in [-0.2, 0) is 4.79 Å². The predicted molar refractivity (Wildman–Crippen MR) is 78.4 cm³/mol. The minimum absolute atomic E-state index is 0.129. The highest BCUT2D eigenvalue weighted by Crippen LogP contribution is 2.17. The Bertz CT molecular complexity index is 653. The van der Waals surface area contributed by atoms with E-state index in [-0.39, 0.29) is 18.6 Å². The van der Waals surface area contributed by atoms with Crippen LogP contribution >= 0.6 is 0 Å². The number of likely N-dealkylation sites (N-methyl/N-ethyl adjacent to an activating group) is 2. The Morgan fingerprint density at radius 3 is 2.71 bits per heavy atom. The number of imide groups is 1. The van der Waals surface area contributed by atoms with Crippen molar-refractivity contribution in [2.24, 2.45) is 4.99 Å². The van der Waals surface area contributed by atoms with Crippen LogP contribution in [0.4, 0.5) is 10.5 Å². The van der Waals surface area contributed by atoms with E-state index in [0.29, 0.717) is 5.84 Å². The van der Waals surface area contributed by atoms with Crippen LogP contribution in [0.3, 0.4) is 0 Å². The van der Waals surface area contributed by atoms with Gasteiger partial charge in [-0.2, -0.15) is 0 Å². The van der Waals surface area contributed by atoms with E-state index in [9.17, 15) is 9.59 Å². The highest BCUT2D eigenvalue weighted by atomic mass is 16.2. The zero-order valence-electron chi connectivity index (χ0n) is 11.9. The highest BCUT2D eigenvalue weighted by molar-refractivity contribution is 6.21. The van der Waals surface area contributed by atoms with Crippen molar-refractivity contribution in [2.75, 3.05) is 26.1 Å². The number of nitrogens with zero attached hydrogens (tertiary/aromatic N) is 4. The smallest absolute Gasteiger partial charge is 0.335 e. The molecule has 108 valence electrons. The Labute approximate surface area is 122 Å². The number of carbonyl (C=O) groups excluding carboxylic acids is 2. The van der Waals surface area contributed by atoms with Gasteiger partial charge in [0.25, 0.3) is 24.1 Å². The molecule has 1 N–H and O–H groups in total. The minimum atomic E-state index is -0.523. The van der Waals surface area contributed by atoms with E-state index in [1.807, 2.05) is 30.3 Å². The minimum Gasteiger partial charge on any atom is -0.367 e. The summed E-state index contributed by atoms with van der Waals surface area (Å²) in [6.45, 7) is 0.129. The average Bonchev–Trinajstić information content (AvgIpc) is 2.88. The summed E-state index contributed by atoms with van der Waals surface area (Å²) in [7, 11) is 3.40. The number of hydrogen-bond donors (Lipinski definition) is 1. The maximum absolute atomic E-state index is 12.5. The number of hydrogen-bond acceptors (Lipinski definition) is 4. The van der Waals surface area contributed by atoms with E-state index >= 15 is 0 Å². The second kappa shape index (κ2) is 5.01. The number of para-hydroxylation sites is 1. The fourth-order valence-electron chi connectivity index (χ4n) is 2.42. The molecule has 0 spiro atoms. The zero-order valence-corrected chi connectivity index (χ0v) is 11.9. The van der Waals surface area contributed by atoms with Crippen molar-refractivity contribution in [3.63, 3.8) is 0 Å². The lowest BCUT2D eigenvalue weighted by molar-refractivity contribution is -0.500. The van der Waals surface area contributed by atoms with E-state index < -0.39 is 6.04 Å². The second-order valence-corrected chi connectivity index (χ2v) is 4.98. The molecule has 7 heteroatoms. The van der Waals surface area contributed by atoms with Gasteiger partial charge in [-0.3, -0.25) is 9.69 Å². The van der Waals surface area contributed by atoms with Crippen LogP contribution in [0.2, 0.25) is 0 Å². The molecular formula is C14H16N5O2+. The summed E-state index contributed by atoms with van der Waals surface area (Å²) in [6, 6.07) is 8.54. The maximum atomic E-state index is 12.5. The molecule has 0 aliphatic carbocycles. The van der Waals surface area contributed by atoms with Gasteiger partial charge < -0.3 is 5.32 Å². The van der Waals surface area contributed by atoms with Gasteiger partial charge in [0.1, 0.15) is 6.67 Å². The molecule has 2 aliphatic heterocycles. The number of rotatable bonds is 3. The Balaban J connectivity index is 1.78. The lowest BCUT2D eigenvalue weighted by Gasteiger charge is -2.32. The van der Waals surface area contributed by atoms with Crippen LogP contribution in [0.1, 0.15) is 0 Å². The molecule has 7 nitrogen and oxygen atoms in total. The molecule has 0 radical (unpaired) electrons. The third kappa shape index (κ3) is 2.16. The molecule has 1 unspecified atom stereocenters. The van der Waals surface area contributed by atoms with E-state index in [2.05, 4.69) is 10.3 Å². The first-order valence-corrected chi connectivity index (χ1v) is 6.60. The molecule has 3 amide bonds. The molecule has 0 bridgehead atoms. The van der Waals surface area contributed by atoms with Gasteiger partial charge in [-0.25, -0.2) is 14.3 Å². The van der Waals surface area contributed by atoms with Gasteiger partial charge in [-0.1, -0.05) is 18.2 Å². The zero-order chi connectivity index (χ0) is 15.0. The summed E-state index contributed by atoms with van der Waals surface area (Å²) in [4.78, 5) is 31.5. The molecule has 1 aromatic carbocycles. The van der Waals surface area contributed by atoms with Crippen LogP contribution in [-0.4, -0.2) is 65.3 Å². The van der Waals surface area contributed by atoms with Crippen molar-refractivity contribution in [1.82, 2.24) is 9.80 Å². The van der Waals surface area contributed by atoms with Crippen molar-refractivity contribution in [3.8, 4) is 0 Å². The molecule has 1 aromatic rings. The number of amidine groups is 1. The number of anilines is 1. The molecule has 0 saturated carbocycles. The highest BCUT2D eigenvalue weighted by Gasteiger charge is 2.50. The van der Waals surface area contributed by atoms with Gasteiger partial charge >= 0.3 is 6.03 Å². The summed E-state index contributed by atoms with van der Waals surface area (Å²) in [5.74, 6) is 0.208. The third-order valence-electron chi connectivity index (χ3n) is 3.60. The standard InChI is InChI=1S/C14H16N5O2/c1-17-8-16-12-11(17)13(20)19(14(21)18(12)2)9-15-10-6-4-3-5-7-10/h3-8,11,15H,9H2,1-2H3/q+1. The summed E-state index contributed by atoms with van der Waals surface area (Å²) >= 11 is 0. The number of carbonyl (C=O) groups is 2. The Kier molecular flexibility index (Phi) is 3.17. The molecule has 2 aliphatic rings. The van der Waals surface area contributed by atoms with Crippen molar-refractivity contribution >= 4 is 29.8 Å². The van der Waals surface area contributed by atoms with Gasteiger partial charge in [0.05, 0.1) is 7.05 Å². The molecule has 1 saturated heterocycles. The quantitative estimate of drug-likeness (QED) is 0.818. The van der Waals surface area contributed by atoms with Crippen molar-refractivity contribution < 1.29 is 14.2 Å². The number of fused-ring (bicyclic) bond motifs is 1. The first-order valence-electron chi connectivity index (χ1n) is 6.60. The van der Waals surface area contributed by atoms with Crippen LogP contribution in [0.25, 0.3) is 0 Å². The van der Waals surface area contributed by atoms with Gasteiger partial charge in [-0.15, -0.1) is 0 Å². The number of benzene rings is 1. The largest absolute Gasteiger partial charge is 0.367 e. The Morgan fingerprint density at radius 1 is 1.29 bits per heavy atom. The van der Waals surface area contributed by atoms with Crippen LogP contribution in [0.5, 0.6) is 0 Å². The second-order valence-electron chi connectivity index (χ2n) is 4.98. The summed E-state index contributed by atoms with van der Waals surface area (Å²) in [5, 5.41) is 3.08. The van der Waals surface area contributed by atoms with E-state index in [1.165, 1.54) is 9.80 Å². The van der Waals surface area contributed by atoms with Gasteiger partial charge in [0, 0.05) is 12.7 Å². The summed E-state index contributed by atoms with van der Waals surface area (Å²) in [5.41, 5.74) is 0.853. The molecule has 0 aromatic heterocycles. The fraction of sp³-hybridized carbons (Fsp3) is 0.286. The number of aliphatic imine (C=N–C) groups is 1. The maximum Gasteiger partial charge on any atom is 0.335 e. The first-order chi connectivity index (χ1) is 10.1.